The van der Waals surface area contributed by atoms with Gasteiger partial charge >= 0.3 is 0 Å². The summed E-state index contributed by atoms with van der Waals surface area (Å²) in [4.78, 5) is 10.9. The Morgan fingerprint density at radius 2 is 2.06 bits per heavy atom. The van der Waals surface area contributed by atoms with E-state index in [0.717, 1.165) is 5.56 Å². The van der Waals surface area contributed by atoms with Gasteiger partial charge in [0.1, 0.15) is 0 Å². The number of primary amides is 1. The van der Waals surface area contributed by atoms with Gasteiger partial charge in [-0.1, -0.05) is 6.07 Å². The molecular weight excluding hydrogens is 308 g/mol. The first-order valence-corrected chi connectivity index (χ1v) is 7.09. The summed E-state index contributed by atoms with van der Waals surface area (Å²) < 4.78 is 26.5. The van der Waals surface area contributed by atoms with E-state index in [1.165, 1.54) is 13.0 Å². The zero-order valence-corrected chi connectivity index (χ0v) is 11.8. The second-order valence-electron chi connectivity index (χ2n) is 3.68. The zero-order valence-electron chi connectivity index (χ0n) is 9.40. The lowest BCUT2D eigenvalue weighted by atomic mass is 10.2. The van der Waals surface area contributed by atoms with Gasteiger partial charge in [0, 0.05) is 4.47 Å². The Balaban J connectivity index is 3.10. The van der Waals surface area contributed by atoms with Crippen LogP contribution in [0.3, 0.4) is 0 Å². The first kappa shape index (κ1) is 14.1. The molecule has 0 aromatic heterocycles. The molecule has 0 bridgehead atoms. The van der Waals surface area contributed by atoms with Crippen molar-refractivity contribution in [2.45, 2.75) is 24.8 Å². The molecule has 1 rings (SSSR count). The van der Waals surface area contributed by atoms with Crippen LogP contribution in [-0.4, -0.2) is 20.4 Å². The van der Waals surface area contributed by atoms with Crippen LogP contribution >= 0.6 is 15.9 Å². The van der Waals surface area contributed by atoms with Crippen molar-refractivity contribution in [3.05, 3.63) is 28.2 Å². The number of nitrogens with one attached hydrogen (secondary N) is 1. The molecule has 94 valence electrons. The number of rotatable bonds is 4. The Labute approximate surface area is 109 Å². The van der Waals surface area contributed by atoms with Crippen LogP contribution < -0.4 is 10.5 Å². The summed E-state index contributed by atoms with van der Waals surface area (Å²) in [7, 11) is -3.75. The highest BCUT2D eigenvalue weighted by atomic mass is 79.9. The molecule has 0 heterocycles. The number of benzene rings is 1. The summed E-state index contributed by atoms with van der Waals surface area (Å²) >= 11 is 3.17. The molecule has 0 saturated carbocycles. The monoisotopic (exact) mass is 320 g/mol. The summed E-state index contributed by atoms with van der Waals surface area (Å²) in [6.07, 6.45) is 0. The number of hydrogen-bond donors (Lipinski definition) is 2. The SMILES string of the molecule is Cc1ccc(S(=O)(=O)NC(C)C(N)=O)c(Br)c1. The molecule has 17 heavy (non-hydrogen) atoms. The predicted molar refractivity (Wildman–Crippen MR) is 67.9 cm³/mol. The molecule has 1 aromatic carbocycles. The fourth-order valence-corrected chi connectivity index (χ4v) is 3.58. The Kier molecular flexibility index (Phi) is 4.29. The van der Waals surface area contributed by atoms with E-state index in [2.05, 4.69) is 20.7 Å². The van der Waals surface area contributed by atoms with Gasteiger partial charge in [0.05, 0.1) is 10.9 Å². The summed E-state index contributed by atoms with van der Waals surface area (Å²) in [6.45, 7) is 3.24. The number of hydrogen-bond acceptors (Lipinski definition) is 3. The summed E-state index contributed by atoms with van der Waals surface area (Å²) in [6, 6.07) is 3.88. The standard InChI is InChI=1S/C10H13BrN2O3S/c1-6-3-4-9(8(11)5-6)17(15,16)13-7(2)10(12)14/h3-5,7,13H,1-2H3,(H2,12,14). The van der Waals surface area contributed by atoms with E-state index in [1.807, 2.05) is 6.92 Å². The van der Waals surface area contributed by atoms with Gasteiger partial charge in [-0.05, 0) is 47.5 Å². The zero-order chi connectivity index (χ0) is 13.2. The Morgan fingerprint density at radius 3 is 2.53 bits per heavy atom. The number of aryl methyl sites for hydroxylation is 1. The maximum atomic E-state index is 11.9. The fraction of sp³-hybridized carbons (Fsp3) is 0.300. The molecule has 0 aliphatic rings. The summed E-state index contributed by atoms with van der Waals surface area (Å²) in [5.41, 5.74) is 5.94. The van der Waals surface area contributed by atoms with Crippen LogP contribution in [0.4, 0.5) is 0 Å². The van der Waals surface area contributed by atoms with Crippen molar-refractivity contribution < 1.29 is 13.2 Å². The molecule has 7 heteroatoms. The predicted octanol–water partition coefficient (Wildman–Crippen LogP) is 0.910. The number of halogens is 1. The van der Waals surface area contributed by atoms with E-state index < -0.39 is 22.0 Å². The van der Waals surface area contributed by atoms with Crippen LogP contribution in [0.2, 0.25) is 0 Å². The molecule has 1 atom stereocenters. The van der Waals surface area contributed by atoms with Gasteiger partial charge in [0.25, 0.3) is 0 Å². The highest BCUT2D eigenvalue weighted by molar-refractivity contribution is 9.10. The van der Waals surface area contributed by atoms with Crippen molar-refractivity contribution in [3.63, 3.8) is 0 Å². The van der Waals surface area contributed by atoms with Gasteiger partial charge in [-0.25, -0.2) is 8.42 Å². The van der Waals surface area contributed by atoms with Gasteiger partial charge < -0.3 is 5.73 Å². The maximum Gasteiger partial charge on any atom is 0.242 e. The number of sulfonamides is 1. The van der Waals surface area contributed by atoms with Crippen molar-refractivity contribution in [2.75, 3.05) is 0 Å². The van der Waals surface area contributed by atoms with Crippen LogP contribution in [0.15, 0.2) is 27.6 Å². The van der Waals surface area contributed by atoms with E-state index in [4.69, 9.17) is 5.73 Å². The Morgan fingerprint density at radius 1 is 1.47 bits per heavy atom. The first-order valence-electron chi connectivity index (χ1n) is 4.82. The average molecular weight is 321 g/mol. The third kappa shape index (κ3) is 3.52. The second-order valence-corrected chi connectivity index (χ2v) is 6.22. The van der Waals surface area contributed by atoms with Crippen molar-refractivity contribution in [1.29, 1.82) is 0 Å². The number of amides is 1. The molecule has 1 amide bonds. The molecule has 0 aliphatic carbocycles. The largest absolute Gasteiger partial charge is 0.368 e. The van der Waals surface area contributed by atoms with Gasteiger partial charge in [-0.3, -0.25) is 4.79 Å². The Hall–Kier alpha value is -0.920. The van der Waals surface area contributed by atoms with Gasteiger partial charge in [0.15, 0.2) is 0 Å². The van der Waals surface area contributed by atoms with E-state index >= 15 is 0 Å². The molecule has 5 nitrogen and oxygen atoms in total. The molecule has 0 saturated heterocycles. The second kappa shape index (κ2) is 5.16. The van der Waals surface area contributed by atoms with E-state index in [1.54, 1.807) is 12.1 Å². The van der Waals surface area contributed by atoms with Crippen LogP contribution in [0.5, 0.6) is 0 Å². The Bertz CT molecular complexity index is 542. The van der Waals surface area contributed by atoms with E-state index in [9.17, 15) is 13.2 Å². The van der Waals surface area contributed by atoms with Crippen molar-refractivity contribution in [2.24, 2.45) is 5.73 Å². The van der Waals surface area contributed by atoms with Gasteiger partial charge in [0.2, 0.25) is 15.9 Å². The molecule has 0 spiro atoms. The van der Waals surface area contributed by atoms with Crippen LogP contribution in [-0.2, 0) is 14.8 Å². The summed E-state index contributed by atoms with van der Waals surface area (Å²) in [5, 5.41) is 0. The molecule has 0 fully saturated rings. The smallest absolute Gasteiger partial charge is 0.242 e. The molecular formula is C10H13BrN2O3S. The maximum absolute atomic E-state index is 11.9. The fourth-order valence-electron chi connectivity index (χ4n) is 1.18. The number of carbonyl (C=O) groups is 1. The van der Waals surface area contributed by atoms with E-state index in [0.29, 0.717) is 4.47 Å². The number of carbonyl (C=O) groups excluding carboxylic acids is 1. The minimum absolute atomic E-state index is 0.0798. The van der Waals surface area contributed by atoms with E-state index in [-0.39, 0.29) is 4.90 Å². The first-order chi connectivity index (χ1) is 7.74. The molecule has 1 unspecified atom stereocenters. The quantitative estimate of drug-likeness (QED) is 0.864. The van der Waals surface area contributed by atoms with Gasteiger partial charge in [-0.15, -0.1) is 0 Å². The lowest BCUT2D eigenvalue weighted by Crippen LogP contribution is -2.42. The van der Waals surface area contributed by atoms with Crippen LogP contribution in [0, 0.1) is 6.92 Å². The lowest BCUT2D eigenvalue weighted by molar-refractivity contribution is -0.119. The van der Waals surface area contributed by atoms with Crippen molar-refractivity contribution >= 4 is 31.9 Å². The molecule has 3 N–H and O–H groups in total. The minimum atomic E-state index is -3.75. The number of nitrogens with two attached hydrogens (primary N) is 1. The van der Waals surface area contributed by atoms with Crippen LogP contribution in [0.1, 0.15) is 12.5 Å². The third-order valence-electron chi connectivity index (χ3n) is 2.14. The molecule has 1 aromatic rings. The van der Waals surface area contributed by atoms with Gasteiger partial charge in [-0.2, -0.15) is 4.72 Å². The molecule has 0 aliphatic heterocycles. The average Bonchev–Trinajstić information content (AvgIpc) is 2.15. The molecule has 0 radical (unpaired) electrons. The minimum Gasteiger partial charge on any atom is -0.368 e. The van der Waals surface area contributed by atoms with Crippen LogP contribution in [0.25, 0.3) is 0 Å². The topological polar surface area (TPSA) is 89.3 Å². The third-order valence-corrected chi connectivity index (χ3v) is 4.65. The van der Waals surface area contributed by atoms with Crippen molar-refractivity contribution in [1.82, 2.24) is 4.72 Å². The highest BCUT2D eigenvalue weighted by Gasteiger charge is 2.22. The normalized spacial score (nSPS) is 13.4. The van der Waals surface area contributed by atoms with Crippen molar-refractivity contribution in [3.8, 4) is 0 Å². The summed E-state index contributed by atoms with van der Waals surface area (Å²) in [5.74, 6) is -0.725. The lowest BCUT2D eigenvalue weighted by Gasteiger charge is -2.12. The highest BCUT2D eigenvalue weighted by Crippen LogP contribution is 2.22.